The molecular formula is C14H27NO3. The van der Waals surface area contributed by atoms with Crippen molar-refractivity contribution >= 4 is 5.91 Å². The fraction of sp³-hybridized carbons (Fsp3) is 0.929. The van der Waals surface area contributed by atoms with Gasteiger partial charge in [-0.25, -0.2) is 0 Å². The van der Waals surface area contributed by atoms with E-state index in [-0.39, 0.29) is 24.5 Å². The summed E-state index contributed by atoms with van der Waals surface area (Å²) in [4.78, 5) is 12.3. The Morgan fingerprint density at radius 1 is 1.39 bits per heavy atom. The lowest BCUT2D eigenvalue weighted by atomic mass is 9.77. The van der Waals surface area contributed by atoms with Crippen LogP contribution in [0.4, 0.5) is 0 Å². The predicted molar refractivity (Wildman–Crippen MR) is 71.2 cm³/mol. The zero-order chi connectivity index (χ0) is 13.6. The summed E-state index contributed by atoms with van der Waals surface area (Å²) in [5, 5.41) is 12.5. The van der Waals surface area contributed by atoms with Crippen LogP contribution in [0, 0.1) is 11.3 Å². The maximum atomic E-state index is 12.3. The summed E-state index contributed by atoms with van der Waals surface area (Å²) in [6, 6.07) is 0. The highest BCUT2D eigenvalue weighted by Gasteiger charge is 2.41. The largest absolute Gasteiger partial charge is 0.389 e. The molecule has 1 saturated carbocycles. The molecule has 0 aromatic heterocycles. The topological polar surface area (TPSA) is 58.6 Å². The molecule has 0 spiro atoms. The van der Waals surface area contributed by atoms with Crippen molar-refractivity contribution in [1.29, 1.82) is 0 Å². The third-order valence-corrected chi connectivity index (χ3v) is 3.70. The van der Waals surface area contributed by atoms with Crippen molar-refractivity contribution in [3.8, 4) is 0 Å². The van der Waals surface area contributed by atoms with Crippen molar-refractivity contribution < 1.29 is 14.6 Å². The molecule has 0 aromatic carbocycles. The highest BCUT2D eigenvalue weighted by Crippen LogP contribution is 2.43. The smallest absolute Gasteiger partial charge is 0.226 e. The number of amides is 1. The minimum Gasteiger partial charge on any atom is -0.389 e. The van der Waals surface area contributed by atoms with Crippen LogP contribution in [-0.4, -0.2) is 37.4 Å². The Morgan fingerprint density at radius 3 is 2.50 bits per heavy atom. The molecule has 4 nitrogen and oxygen atoms in total. The molecule has 1 aliphatic rings. The van der Waals surface area contributed by atoms with Crippen molar-refractivity contribution in [1.82, 2.24) is 5.32 Å². The van der Waals surface area contributed by atoms with Gasteiger partial charge in [0.2, 0.25) is 5.91 Å². The van der Waals surface area contributed by atoms with Crippen molar-refractivity contribution in [2.75, 3.05) is 20.3 Å². The number of ether oxygens (including phenoxy) is 1. The van der Waals surface area contributed by atoms with Crippen LogP contribution >= 0.6 is 0 Å². The molecule has 2 N–H and O–H groups in total. The van der Waals surface area contributed by atoms with Gasteiger partial charge < -0.3 is 15.2 Å². The number of aliphatic hydroxyl groups excluding tert-OH is 1. The van der Waals surface area contributed by atoms with E-state index in [0.29, 0.717) is 5.92 Å². The molecule has 1 amide bonds. The van der Waals surface area contributed by atoms with E-state index in [1.54, 1.807) is 7.11 Å². The summed E-state index contributed by atoms with van der Waals surface area (Å²) in [6.45, 7) is 4.87. The van der Waals surface area contributed by atoms with E-state index < -0.39 is 6.10 Å². The summed E-state index contributed by atoms with van der Waals surface area (Å²) in [7, 11) is 1.54. The Bertz CT molecular complexity index is 260. The molecule has 1 atom stereocenters. The first-order valence-electron chi connectivity index (χ1n) is 6.95. The van der Waals surface area contributed by atoms with Crippen molar-refractivity contribution in [2.45, 2.75) is 52.1 Å². The van der Waals surface area contributed by atoms with Gasteiger partial charge in [-0.05, 0) is 25.2 Å². The summed E-state index contributed by atoms with van der Waals surface area (Å²) in [6.07, 6.45) is 4.58. The van der Waals surface area contributed by atoms with Crippen molar-refractivity contribution in [3.05, 3.63) is 0 Å². The number of carbonyl (C=O) groups excluding carboxylic acids is 1. The van der Waals surface area contributed by atoms with E-state index in [2.05, 4.69) is 19.2 Å². The third-order valence-electron chi connectivity index (χ3n) is 3.70. The Kier molecular flexibility index (Phi) is 6.09. The summed E-state index contributed by atoms with van der Waals surface area (Å²) in [5.74, 6) is 0.640. The van der Waals surface area contributed by atoms with Crippen LogP contribution in [0.3, 0.4) is 0 Å². The van der Waals surface area contributed by atoms with Crippen molar-refractivity contribution in [2.24, 2.45) is 11.3 Å². The Labute approximate surface area is 110 Å². The van der Waals surface area contributed by atoms with Crippen LogP contribution in [0.15, 0.2) is 0 Å². The molecule has 1 unspecified atom stereocenters. The normalized spacial score (nSPS) is 20.1. The highest BCUT2D eigenvalue weighted by molar-refractivity contribution is 5.82. The average Bonchev–Trinajstić information content (AvgIpc) is 2.75. The number of hydrogen-bond acceptors (Lipinski definition) is 3. The average molecular weight is 257 g/mol. The molecule has 0 bridgehead atoms. The van der Waals surface area contributed by atoms with Gasteiger partial charge in [0, 0.05) is 19.1 Å². The van der Waals surface area contributed by atoms with Gasteiger partial charge in [0.1, 0.15) is 0 Å². The first kappa shape index (κ1) is 15.4. The minimum atomic E-state index is -0.614. The molecule has 4 heteroatoms. The summed E-state index contributed by atoms with van der Waals surface area (Å²) < 4.78 is 4.85. The van der Waals surface area contributed by atoms with Gasteiger partial charge in [-0.2, -0.15) is 0 Å². The van der Waals surface area contributed by atoms with Crippen molar-refractivity contribution in [3.63, 3.8) is 0 Å². The molecule has 1 rings (SSSR count). The number of rotatable bonds is 7. The van der Waals surface area contributed by atoms with E-state index >= 15 is 0 Å². The predicted octanol–water partition coefficient (Wildman–Crippen LogP) is 1.72. The Hall–Kier alpha value is -0.610. The van der Waals surface area contributed by atoms with Crippen LogP contribution in [0.5, 0.6) is 0 Å². The van der Waals surface area contributed by atoms with E-state index in [0.717, 1.165) is 32.1 Å². The lowest BCUT2D eigenvalue weighted by Crippen LogP contribution is -2.43. The van der Waals surface area contributed by atoms with Gasteiger partial charge in [-0.1, -0.05) is 26.7 Å². The quantitative estimate of drug-likeness (QED) is 0.730. The number of nitrogens with one attached hydrogen (secondary N) is 1. The van der Waals surface area contributed by atoms with E-state index in [4.69, 9.17) is 4.74 Å². The number of methoxy groups -OCH3 is 1. The van der Waals surface area contributed by atoms with Gasteiger partial charge in [-0.3, -0.25) is 4.79 Å². The highest BCUT2D eigenvalue weighted by atomic mass is 16.5. The molecule has 106 valence electrons. The summed E-state index contributed by atoms with van der Waals surface area (Å²) in [5.41, 5.74) is -0.193. The molecule has 0 aliphatic heterocycles. The fourth-order valence-corrected chi connectivity index (χ4v) is 3.01. The minimum absolute atomic E-state index is 0.115. The molecule has 1 aliphatic carbocycles. The zero-order valence-corrected chi connectivity index (χ0v) is 11.9. The van der Waals surface area contributed by atoms with Gasteiger partial charge in [-0.15, -0.1) is 0 Å². The standard InChI is InChI=1S/C14H27NO3/c1-11(2)8-14(6-4-5-7-14)13(17)15-9-12(16)10-18-3/h11-12,16H,4-10H2,1-3H3,(H,15,17). The maximum absolute atomic E-state index is 12.3. The fourth-order valence-electron chi connectivity index (χ4n) is 3.01. The van der Waals surface area contributed by atoms with Crippen LogP contribution in [-0.2, 0) is 9.53 Å². The molecular weight excluding hydrogens is 230 g/mol. The number of aliphatic hydroxyl groups is 1. The third kappa shape index (κ3) is 4.25. The van der Waals surface area contributed by atoms with Crippen LogP contribution in [0.2, 0.25) is 0 Å². The molecule has 0 heterocycles. The van der Waals surface area contributed by atoms with E-state index in [1.165, 1.54) is 0 Å². The first-order chi connectivity index (χ1) is 8.50. The molecule has 18 heavy (non-hydrogen) atoms. The van der Waals surface area contributed by atoms with E-state index in [9.17, 15) is 9.90 Å². The van der Waals surface area contributed by atoms with Crippen LogP contribution in [0.1, 0.15) is 46.0 Å². The van der Waals surface area contributed by atoms with Gasteiger partial charge in [0.05, 0.1) is 12.7 Å². The SMILES string of the molecule is COCC(O)CNC(=O)C1(CC(C)C)CCCC1. The number of hydrogen-bond donors (Lipinski definition) is 2. The second kappa shape index (κ2) is 7.10. The number of carbonyl (C=O) groups is 1. The Morgan fingerprint density at radius 2 is 2.00 bits per heavy atom. The van der Waals surface area contributed by atoms with Gasteiger partial charge >= 0.3 is 0 Å². The second-order valence-electron chi connectivity index (χ2n) is 5.90. The van der Waals surface area contributed by atoms with Gasteiger partial charge in [0.25, 0.3) is 0 Å². The molecule has 0 saturated heterocycles. The van der Waals surface area contributed by atoms with Crippen LogP contribution < -0.4 is 5.32 Å². The molecule has 1 fully saturated rings. The summed E-state index contributed by atoms with van der Waals surface area (Å²) >= 11 is 0. The lowest BCUT2D eigenvalue weighted by Gasteiger charge is -2.30. The maximum Gasteiger partial charge on any atom is 0.226 e. The lowest BCUT2D eigenvalue weighted by molar-refractivity contribution is -0.132. The Balaban J connectivity index is 2.50. The van der Waals surface area contributed by atoms with E-state index in [1.807, 2.05) is 0 Å². The molecule has 0 aromatic rings. The zero-order valence-electron chi connectivity index (χ0n) is 11.9. The van der Waals surface area contributed by atoms with Gasteiger partial charge in [0.15, 0.2) is 0 Å². The second-order valence-corrected chi connectivity index (χ2v) is 5.90. The molecule has 0 radical (unpaired) electrons. The first-order valence-corrected chi connectivity index (χ1v) is 6.95. The monoisotopic (exact) mass is 257 g/mol. The van der Waals surface area contributed by atoms with Crippen LogP contribution in [0.25, 0.3) is 0 Å².